The van der Waals surface area contributed by atoms with Crippen molar-refractivity contribution in [1.29, 1.82) is 0 Å². The van der Waals surface area contributed by atoms with Crippen LogP contribution >= 0.6 is 0 Å². The second-order valence-corrected chi connectivity index (χ2v) is 11.2. The van der Waals surface area contributed by atoms with Gasteiger partial charge < -0.3 is 0 Å². The van der Waals surface area contributed by atoms with E-state index in [0.717, 1.165) is 20.2 Å². The molecule has 2 aromatic carbocycles. The van der Waals surface area contributed by atoms with E-state index in [1.807, 2.05) is 6.92 Å². The van der Waals surface area contributed by atoms with E-state index in [1.54, 1.807) is 26.0 Å². The maximum atomic E-state index is 13.2. The fourth-order valence-corrected chi connectivity index (χ4v) is 7.02. The second kappa shape index (κ2) is 7.73. The minimum Gasteiger partial charge on any atom is -0.258 e. The zero-order valence-corrected chi connectivity index (χ0v) is 18.7. The lowest BCUT2D eigenvalue weighted by atomic mass is 10.1. The van der Waals surface area contributed by atoms with Crippen molar-refractivity contribution in [1.82, 2.24) is 8.61 Å². The van der Waals surface area contributed by atoms with Gasteiger partial charge in [-0.3, -0.25) is 10.1 Å². The molecule has 0 aromatic heterocycles. The van der Waals surface area contributed by atoms with Gasteiger partial charge >= 0.3 is 0 Å². The third-order valence-corrected chi connectivity index (χ3v) is 9.10. The summed E-state index contributed by atoms with van der Waals surface area (Å²) in [7, 11) is -7.99. The Labute approximate surface area is 176 Å². The zero-order chi connectivity index (χ0) is 22.4. The van der Waals surface area contributed by atoms with Crippen LogP contribution in [0, 0.1) is 37.8 Å². The van der Waals surface area contributed by atoms with Crippen molar-refractivity contribution in [3.05, 3.63) is 62.7 Å². The number of rotatable bonds is 5. The predicted octanol–water partition coefficient (Wildman–Crippen LogP) is 2.48. The molecule has 0 unspecified atom stereocenters. The molecule has 1 aliphatic heterocycles. The molecule has 3 rings (SSSR count). The van der Waals surface area contributed by atoms with Crippen molar-refractivity contribution in [2.24, 2.45) is 0 Å². The van der Waals surface area contributed by atoms with Crippen LogP contribution in [0.4, 0.5) is 5.69 Å². The first-order valence-electron chi connectivity index (χ1n) is 9.19. The maximum Gasteiger partial charge on any atom is 0.273 e. The van der Waals surface area contributed by atoms with Crippen LogP contribution in [0.25, 0.3) is 0 Å². The van der Waals surface area contributed by atoms with Crippen molar-refractivity contribution in [2.45, 2.75) is 37.5 Å². The SMILES string of the molecule is Cc1cc(C)c(S(=O)(=O)N2CCN(S(=O)(=O)c3ccc(C)c([N+](=O)[O-])c3)C2)c(C)c1. The number of hydrogen-bond donors (Lipinski definition) is 0. The summed E-state index contributed by atoms with van der Waals surface area (Å²) >= 11 is 0. The number of sulfonamides is 2. The molecule has 30 heavy (non-hydrogen) atoms. The number of nitro groups is 1. The van der Waals surface area contributed by atoms with Crippen molar-refractivity contribution in [3.8, 4) is 0 Å². The van der Waals surface area contributed by atoms with Gasteiger partial charge in [0, 0.05) is 24.7 Å². The largest absolute Gasteiger partial charge is 0.273 e. The monoisotopic (exact) mass is 453 g/mol. The molecule has 0 amide bonds. The topological polar surface area (TPSA) is 118 Å². The summed E-state index contributed by atoms with van der Waals surface area (Å²) in [5.74, 6) is 0. The Morgan fingerprint density at radius 1 is 0.833 bits per heavy atom. The first kappa shape index (κ1) is 22.3. The minimum atomic E-state index is -4.09. The smallest absolute Gasteiger partial charge is 0.258 e. The van der Waals surface area contributed by atoms with E-state index in [1.165, 1.54) is 19.1 Å². The molecule has 0 aliphatic carbocycles. The summed E-state index contributed by atoms with van der Waals surface area (Å²) in [6.45, 7) is 6.44. The van der Waals surface area contributed by atoms with Crippen LogP contribution in [0.15, 0.2) is 40.1 Å². The summed E-state index contributed by atoms with van der Waals surface area (Å²) in [6.07, 6.45) is 0. The van der Waals surface area contributed by atoms with Gasteiger partial charge in [-0.2, -0.15) is 8.61 Å². The average Bonchev–Trinajstić information content (AvgIpc) is 3.12. The van der Waals surface area contributed by atoms with Gasteiger partial charge in [0.15, 0.2) is 0 Å². The highest BCUT2D eigenvalue weighted by molar-refractivity contribution is 7.90. The van der Waals surface area contributed by atoms with Crippen LogP contribution in [0.2, 0.25) is 0 Å². The van der Waals surface area contributed by atoms with E-state index >= 15 is 0 Å². The fourth-order valence-electron chi connectivity index (χ4n) is 3.73. The Morgan fingerprint density at radius 2 is 1.37 bits per heavy atom. The normalized spacial score (nSPS) is 16.1. The quantitative estimate of drug-likeness (QED) is 0.507. The lowest BCUT2D eigenvalue weighted by Crippen LogP contribution is -2.34. The summed E-state index contributed by atoms with van der Waals surface area (Å²) in [4.78, 5) is 10.5. The lowest BCUT2D eigenvalue weighted by Gasteiger charge is -2.21. The molecule has 1 saturated heterocycles. The second-order valence-electron chi connectivity index (χ2n) is 7.44. The van der Waals surface area contributed by atoms with Gasteiger partial charge in [0.1, 0.15) is 0 Å². The predicted molar refractivity (Wildman–Crippen MR) is 111 cm³/mol. The van der Waals surface area contributed by atoms with Crippen molar-refractivity contribution in [3.63, 3.8) is 0 Å². The van der Waals surface area contributed by atoms with Gasteiger partial charge in [0.2, 0.25) is 20.0 Å². The van der Waals surface area contributed by atoms with Crippen LogP contribution in [0.5, 0.6) is 0 Å². The molecule has 1 heterocycles. The molecule has 0 spiro atoms. The van der Waals surface area contributed by atoms with E-state index in [4.69, 9.17) is 0 Å². The van der Waals surface area contributed by atoms with Crippen LogP contribution in [0.3, 0.4) is 0 Å². The van der Waals surface area contributed by atoms with E-state index in [2.05, 4.69) is 0 Å². The number of nitrogens with zero attached hydrogens (tertiary/aromatic N) is 3. The van der Waals surface area contributed by atoms with Crippen LogP contribution < -0.4 is 0 Å². The Morgan fingerprint density at radius 3 is 1.90 bits per heavy atom. The molecule has 9 nitrogen and oxygen atoms in total. The standard InChI is InChI=1S/C19H23N3O6S2/c1-13-9-15(3)19(16(4)10-13)30(27,28)21-8-7-20(12-21)29(25,26)17-6-5-14(2)18(11-17)22(23)24/h5-6,9-11H,7-8,12H2,1-4H3. The summed E-state index contributed by atoms with van der Waals surface area (Å²) in [6, 6.07) is 7.22. The van der Waals surface area contributed by atoms with Crippen LogP contribution in [0.1, 0.15) is 22.3 Å². The Hall–Kier alpha value is -2.34. The Kier molecular flexibility index (Phi) is 5.76. The van der Waals surface area contributed by atoms with Crippen LogP contribution in [-0.4, -0.2) is 50.1 Å². The van der Waals surface area contributed by atoms with E-state index in [0.29, 0.717) is 16.7 Å². The van der Waals surface area contributed by atoms with E-state index in [-0.39, 0.29) is 35.2 Å². The highest BCUT2D eigenvalue weighted by Gasteiger charge is 2.39. The molecule has 0 saturated carbocycles. The number of hydrogen-bond acceptors (Lipinski definition) is 6. The highest BCUT2D eigenvalue weighted by atomic mass is 32.2. The number of nitro benzene ring substituents is 1. The summed E-state index contributed by atoms with van der Waals surface area (Å²) in [5.41, 5.74) is 2.18. The highest BCUT2D eigenvalue weighted by Crippen LogP contribution is 2.30. The molecule has 0 N–H and O–H groups in total. The van der Waals surface area contributed by atoms with Gasteiger partial charge in [0.25, 0.3) is 5.69 Å². The average molecular weight is 454 g/mol. The molecular weight excluding hydrogens is 430 g/mol. The Bertz CT molecular complexity index is 1220. The first-order chi connectivity index (χ1) is 13.9. The minimum absolute atomic E-state index is 0.00226. The molecule has 1 aliphatic rings. The van der Waals surface area contributed by atoms with Crippen LogP contribution in [-0.2, 0) is 20.0 Å². The maximum absolute atomic E-state index is 13.2. The molecule has 0 atom stereocenters. The first-order valence-corrected chi connectivity index (χ1v) is 12.1. The Balaban J connectivity index is 1.93. The van der Waals surface area contributed by atoms with Gasteiger partial charge in [-0.25, -0.2) is 16.8 Å². The number of benzene rings is 2. The lowest BCUT2D eigenvalue weighted by molar-refractivity contribution is -0.385. The fraction of sp³-hybridized carbons (Fsp3) is 0.368. The third kappa shape index (κ3) is 3.85. The molecule has 0 bridgehead atoms. The molecule has 1 fully saturated rings. The van der Waals surface area contributed by atoms with Crippen molar-refractivity contribution < 1.29 is 21.8 Å². The molecular formula is C19H23N3O6S2. The molecule has 2 aromatic rings. The van der Waals surface area contributed by atoms with Crippen molar-refractivity contribution >= 4 is 25.7 Å². The summed E-state index contributed by atoms with van der Waals surface area (Å²) < 4.78 is 54.5. The summed E-state index contributed by atoms with van der Waals surface area (Å²) in [5, 5.41) is 11.2. The van der Waals surface area contributed by atoms with E-state index < -0.39 is 25.0 Å². The molecule has 0 radical (unpaired) electrons. The van der Waals surface area contributed by atoms with Gasteiger partial charge in [0.05, 0.1) is 21.4 Å². The molecule has 11 heteroatoms. The van der Waals surface area contributed by atoms with Gasteiger partial charge in [-0.05, 0) is 44.9 Å². The van der Waals surface area contributed by atoms with Gasteiger partial charge in [-0.1, -0.05) is 23.8 Å². The van der Waals surface area contributed by atoms with Gasteiger partial charge in [-0.15, -0.1) is 0 Å². The molecule has 162 valence electrons. The van der Waals surface area contributed by atoms with Crippen molar-refractivity contribution in [2.75, 3.05) is 19.8 Å². The zero-order valence-electron chi connectivity index (χ0n) is 17.1. The third-order valence-electron chi connectivity index (χ3n) is 5.13. The van der Waals surface area contributed by atoms with E-state index in [9.17, 15) is 26.9 Å². The number of aryl methyl sites for hydroxylation is 4.